The Kier molecular flexibility index (Phi) is 4.88. The maximum absolute atomic E-state index is 13.1. The molecule has 3 rings (SSSR count). The molecule has 0 unspecified atom stereocenters. The van der Waals surface area contributed by atoms with Gasteiger partial charge in [0.25, 0.3) is 11.6 Å². The van der Waals surface area contributed by atoms with Crippen molar-refractivity contribution in [3.05, 3.63) is 75.6 Å². The molecule has 7 heteroatoms. The minimum Gasteiger partial charge on any atom is -0.267 e. The number of nitro benzene ring substituents is 1. The summed E-state index contributed by atoms with van der Waals surface area (Å²) in [6.45, 7) is 1.98. The van der Waals surface area contributed by atoms with E-state index < -0.39 is 4.92 Å². The molecule has 0 saturated heterocycles. The normalized spacial score (nSPS) is 15.5. The first kappa shape index (κ1) is 17.5. The third kappa shape index (κ3) is 3.51. The molecule has 0 aliphatic carbocycles. The van der Waals surface area contributed by atoms with Gasteiger partial charge in [-0.3, -0.25) is 14.9 Å². The van der Waals surface area contributed by atoms with Gasteiger partial charge in [0.1, 0.15) is 5.82 Å². The Morgan fingerprint density at radius 3 is 2.38 bits per heavy atom. The number of hydrazone groups is 1. The summed E-state index contributed by atoms with van der Waals surface area (Å²) in [7, 11) is 0. The average Bonchev–Trinajstić information content (AvgIpc) is 2.93. The van der Waals surface area contributed by atoms with Crippen LogP contribution in [0.4, 0.5) is 15.8 Å². The number of halogens is 1. The van der Waals surface area contributed by atoms with E-state index in [-0.39, 0.29) is 17.4 Å². The first-order chi connectivity index (χ1) is 12.5. The number of carbonyl (C=O) groups excluding carboxylic acids is 1. The largest absolute Gasteiger partial charge is 0.280 e. The highest BCUT2D eigenvalue weighted by Gasteiger charge is 2.30. The predicted octanol–water partition coefficient (Wildman–Crippen LogP) is 4.32. The molecule has 0 atom stereocenters. The lowest BCUT2D eigenvalue weighted by Gasteiger charge is -2.11. The number of rotatable bonds is 5. The second-order valence-electron chi connectivity index (χ2n) is 5.80. The van der Waals surface area contributed by atoms with Crippen molar-refractivity contribution in [1.29, 1.82) is 0 Å². The molecule has 1 heterocycles. The summed E-state index contributed by atoms with van der Waals surface area (Å²) >= 11 is 0. The Bertz CT molecular complexity index is 903. The molecule has 0 fully saturated rings. The van der Waals surface area contributed by atoms with Crippen LogP contribution < -0.4 is 5.01 Å². The highest BCUT2D eigenvalue weighted by atomic mass is 19.1. The number of benzene rings is 2. The summed E-state index contributed by atoms with van der Waals surface area (Å²) in [6, 6.07) is 11.5. The van der Waals surface area contributed by atoms with E-state index in [4.69, 9.17) is 0 Å². The van der Waals surface area contributed by atoms with E-state index >= 15 is 0 Å². The van der Waals surface area contributed by atoms with Crippen LogP contribution in [-0.2, 0) is 4.79 Å². The lowest BCUT2D eigenvalue weighted by atomic mass is 10.0. The monoisotopic (exact) mass is 353 g/mol. The quantitative estimate of drug-likeness (QED) is 0.456. The predicted molar refractivity (Wildman–Crippen MR) is 97.3 cm³/mol. The number of nitrogens with zero attached hydrogens (tertiary/aromatic N) is 3. The molecule has 1 aliphatic heterocycles. The molecule has 0 bridgehead atoms. The van der Waals surface area contributed by atoms with Gasteiger partial charge in [0, 0.05) is 12.1 Å². The van der Waals surface area contributed by atoms with Gasteiger partial charge in [-0.05, 0) is 42.3 Å². The second kappa shape index (κ2) is 7.26. The van der Waals surface area contributed by atoms with E-state index in [1.807, 2.05) is 6.92 Å². The molecule has 2 aromatic carbocycles. The van der Waals surface area contributed by atoms with E-state index in [1.54, 1.807) is 18.2 Å². The number of hydrogen-bond donors (Lipinski definition) is 0. The summed E-state index contributed by atoms with van der Waals surface area (Å²) in [4.78, 5) is 23.1. The minimum atomic E-state index is -0.499. The van der Waals surface area contributed by atoms with Crippen molar-refractivity contribution >= 4 is 29.1 Å². The molecule has 132 valence electrons. The van der Waals surface area contributed by atoms with Gasteiger partial charge < -0.3 is 0 Å². The molecule has 0 saturated carbocycles. The van der Waals surface area contributed by atoms with Crippen LogP contribution in [0, 0.1) is 15.9 Å². The average molecular weight is 353 g/mol. The van der Waals surface area contributed by atoms with Crippen molar-refractivity contribution < 1.29 is 14.1 Å². The van der Waals surface area contributed by atoms with Gasteiger partial charge in [0.15, 0.2) is 0 Å². The first-order valence-electron chi connectivity index (χ1n) is 8.13. The molecule has 0 radical (unpaired) electrons. The van der Waals surface area contributed by atoms with E-state index in [2.05, 4.69) is 5.10 Å². The maximum atomic E-state index is 13.1. The van der Waals surface area contributed by atoms with Crippen LogP contribution in [0.2, 0.25) is 0 Å². The number of carbonyl (C=O) groups is 1. The zero-order valence-corrected chi connectivity index (χ0v) is 14.1. The van der Waals surface area contributed by atoms with E-state index in [1.165, 1.54) is 41.4 Å². The number of non-ortho nitro benzene ring substituents is 1. The third-order valence-corrected chi connectivity index (χ3v) is 3.93. The van der Waals surface area contributed by atoms with Gasteiger partial charge >= 0.3 is 0 Å². The van der Waals surface area contributed by atoms with Crippen molar-refractivity contribution in [2.45, 2.75) is 19.8 Å². The van der Waals surface area contributed by atoms with Crippen LogP contribution in [0.1, 0.15) is 25.3 Å². The van der Waals surface area contributed by atoms with Gasteiger partial charge in [-0.2, -0.15) is 10.1 Å². The van der Waals surface area contributed by atoms with Gasteiger partial charge in [-0.1, -0.05) is 25.5 Å². The summed E-state index contributed by atoms with van der Waals surface area (Å²) in [6.07, 6.45) is 3.10. The Morgan fingerprint density at radius 2 is 1.81 bits per heavy atom. The highest BCUT2D eigenvalue weighted by molar-refractivity contribution is 6.32. The Morgan fingerprint density at radius 1 is 1.15 bits per heavy atom. The van der Waals surface area contributed by atoms with Gasteiger partial charge in [0.2, 0.25) is 0 Å². The van der Waals surface area contributed by atoms with Crippen LogP contribution in [0.3, 0.4) is 0 Å². The van der Waals surface area contributed by atoms with Crippen LogP contribution in [0.15, 0.2) is 59.2 Å². The van der Waals surface area contributed by atoms with Crippen LogP contribution in [0.25, 0.3) is 6.08 Å². The smallest absolute Gasteiger partial charge is 0.267 e. The number of nitro groups is 1. The van der Waals surface area contributed by atoms with Crippen LogP contribution in [0.5, 0.6) is 0 Å². The number of hydrogen-bond acceptors (Lipinski definition) is 4. The first-order valence-corrected chi connectivity index (χ1v) is 8.13. The molecule has 0 aromatic heterocycles. The van der Waals surface area contributed by atoms with E-state index in [0.717, 1.165) is 6.42 Å². The topological polar surface area (TPSA) is 75.8 Å². The fourth-order valence-corrected chi connectivity index (χ4v) is 2.64. The van der Waals surface area contributed by atoms with Crippen molar-refractivity contribution in [2.24, 2.45) is 5.10 Å². The molecule has 1 amide bonds. The highest BCUT2D eigenvalue weighted by Crippen LogP contribution is 2.28. The van der Waals surface area contributed by atoms with Crippen molar-refractivity contribution in [2.75, 3.05) is 5.01 Å². The second-order valence-corrected chi connectivity index (χ2v) is 5.80. The lowest BCUT2D eigenvalue weighted by Crippen LogP contribution is -2.21. The van der Waals surface area contributed by atoms with E-state index in [0.29, 0.717) is 29.0 Å². The maximum Gasteiger partial charge on any atom is 0.280 e. The zero-order chi connectivity index (χ0) is 18.7. The molecule has 6 nitrogen and oxygen atoms in total. The summed E-state index contributed by atoms with van der Waals surface area (Å²) < 4.78 is 13.1. The van der Waals surface area contributed by atoms with E-state index in [9.17, 15) is 19.3 Å². The van der Waals surface area contributed by atoms with Crippen molar-refractivity contribution in [1.82, 2.24) is 0 Å². The van der Waals surface area contributed by atoms with Crippen molar-refractivity contribution in [3.8, 4) is 0 Å². The number of anilines is 1. The summed E-state index contributed by atoms with van der Waals surface area (Å²) in [5, 5.41) is 16.4. The summed E-state index contributed by atoms with van der Waals surface area (Å²) in [5.74, 6) is -0.661. The molecule has 1 aliphatic rings. The van der Waals surface area contributed by atoms with Gasteiger partial charge in [0.05, 0.1) is 21.9 Å². The molecule has 0 N–H and O–H groups in total. The fourth-order valence-electron chi connectivity index (χ4n) is 2.64. The lowest BCUT2D eigenvalue weighted by molar-refractivity contribution is -0.384. The van der Waals surface area contributed by atoms with Crippen molar-refractivity contribution in [3.63, 3.8) is 0 Å². The SMILES string of the molecule is CCCC1=NN(c2ccc([N+](=O)[O-])cc2)C(=O)C1=Cc1ccc(F)cc1. The molecule has 26 heavy (non-hydrogen) atoms. The number of amides is 1. The third-order valence-electron chi connectivity index (χ3n) is 3.93. The molecule has 2 aromatic rings. The molecule has 0 spiro atoms. The van der Waals surface area contributed by atoms with Crippen LogP contribution in [-0.4, -0.2) is 16.5 Å². The Hall–Kier alpha value is -3.35. The van der Waals surface area contributed by atoms with Crippen LogP contribution >= 0.6 is 0 Å². The zero-order valence-electron chi connectivity index (χ0n) is 14.1. The summed E-state index contributed by atoms with van der Waals surface area (Å²) in [5.41, 5.74) is 2.18. The Labute approximate surface area is 149 Å². The standard InChI is InChI=1S/C19H16FN3O3/c1-2-3-18-17(12-13-4-6-14(20)7-5-13)19(24)22(21-18)15-8-10-16(11-9-15)23(25)26/h4-12H,2-3H2,1H3. The van der Waals surface area contributed by atoms with Gasteiger partial charge in [-0.15, -0.1) is 0 Å². The Balaban J connectivity index is 1.95. The minimum absolute atomic E-state index is 0.0553. The molecular formula is C19H16FN3O3. The molecular weight excluding hydrogens is 337 g/mol. The fraction of sp³-hybridized carbons (Fsp3) is 0.158. The van der Waals surface area contributed by atoms with Gasteiger partial charge in [-0.25, -0.2) is 4.39 Å².